The molecule has 0 aromatic carbocycles. The first-order chi connectivity index (χ1) is 16.8. The summed E-state index contributed by atoms with van der Waals surface area (Å²) in [6.45, 7) is 3.55. The molecule has 3 atom stereocenters. The molecular formula is C20H26N7O7P. The van der Waals surface area contributed by atoms with E-state index in [0.717, 1.165) is 0 Å². The largest absolute Gasteiger partial charge is 0.390 e. The Hall–Kier alpha value is -2.97. The summed E-state index contributed by atoms with van der Waals surface area (Å²) in [5.74, 6) is -0.641. The summed E-state index contributed by atoms with van der Waals surface area (Å²) in [4.78, 5) is 35.3. The molecule has 2 aromatic rings. The molecule has 14 nitrogen and oxygen atoms in total. The predicted octanol–water partition coefficient (Wildman–Crippen LogP) is 1.47. The zero-order valence-corrected chi connectivity index (χ0v) is 20.1. The number of ether oxygens (including phenoxy) is 1. The average molecular weight is 507 g/mol. The lowest BCUT2D eigenvalue weighted by molar-refractivity contribution is -0.118. The van der Waals surface area contributed by atoms with Crippen LogP contribution in [0.3, 0.4) is 0 Å². The molecule has 188 valence electrons. The van der Waals surface area contributed by atoms with Crippen LogP contribution in [0.1, 0.15) is 39.3 Å². The number of imidazole rings is 1. The summed E-state index contributed by atoms with van der Waals surface area (Å²) in [6, 6.07) is 3.90. The Morgan fingerprint density at radius 1 is 1.34 bits per heavy atom. The second kappa shape index (κ2) is 12.7. The van der Waals surface area contributed by atoms with E-state index in [9.17, 15) is 14.7 Å². The molecule has 1 saturated heterocycles. The summed E-state index contributed by atoms with van der Waals surface area (Å²) >= 11 is 0. The maximum Gasteiger partial charge on any atom is 0.332 e. The normalized spacial score (nSPS) is 19.8. The third kappa shape index (κ3) is 7.02. The number of nitrogens with one attached hydrogen (secondary N) is 2. The Morgan fingerprint density at radius 2 is 2.03 bits per heavy atom. The molecule has 0 unspecified atom stereocenters. The van der Waals surface area contributed by atoms with Gasteiger partial charge in [-0.3, -0.25) is 24.5 Å². The Balaban J connectivity index is 1.68. The number of amides is 1. The molecular weight excluding hydrogens is 481 g/mol. The van der Waals surface area contributed by atoms with E-state index < -0.39 is 32.6 Å². The number of nitriles is 2. The highest BCUT2D eigenvalue weighted by Crippen LogP contribution is 2.41. The number of aromatic amines is 1. The summed E-state index contributed by atoms with van der Waals surface area (Å²) in [5, 5.41) is 30.4. The molecule has 35 heavy (non-hydrogen) atoms. The fourth-order valence-electron chi connectivity index (χ4n) is 3.07. The molecule has 3 rings (SSSR count). The van der Waals surface area contributed by atoms with Crippen molar-refractivity contribution in [1.29, 1.82) is 10.5 Å². The van der Waals surface area contributed by atoms with E-state index in [0.29, 0.717) is 0 Å². The van der Waals surface area contributed by atoms with Gasteiger partial charge in [-0.1, -0.05) is 13.8 Å². The van der Waals surface area contributed by atoms with Crippen LogP contribution in [-0.2, 0) is 23.1 Å². The second-order valence-corrected chi connectivity index (χ2v) is 9.04. The van der Waals surface area contributed by atoms with Gasteiger partial charge in [0.1, 0.15) is 12.3 Å². The number of aliphatic hydroxyl groups is 1. The van der Waals surface area contributed by atoms with E-state index in [-0.39, 0.29) is 68.0 Å². The highest BCUT2D eigenvalue weighted by Gasteiger charge is 2.37. The topological polar surface area (TPSA) is 197 Å². The number of anilines is 1. The number of fused-ring (bicyclic) bond motifs is 1. The van der Waals surface area contributed by atoms with Gasteiger partial charge in [0.2, 0.25) is 11.9 Å². The number of H-pyrrole nitrogens is 1. The average Bonchev–Trinajstić information content (AvgIpc) is 3.40. The standard InChI is InChI=1S/C20H26N7O7P/c1-12(2)18(29)25-20-24-17-16(19(30)26-20)23-11-27(17)15-9-13(28)14(34-15)10-33-35(31-7-3-5-21)32-8-4-6-22/h11-15,28H,3-4,7-10H2,1-2H3,(H2,24,25,26,29,30)/t13-,14+,15+/m0/s1. The molecule has 0 radical (unpaired) electrons. The lowest BCUT2D eigenvalue weighted by atomic mass is 10.2. The smallest absolute Gasteiger partial charge is 0.332 e. The number of aliphatic hydroxyl groups excluding tert-OH is 1. The molecule has 0 saturated carbocycles. The van der Waals surface area contributed by atoms with Crippen molar-refractivity contribution in [1.82, 2.24) is 19.5 Å². The minimum Gasteiger partial charge on any atom is -0.390 e. The van der Waals surface area contributed by atoms with Crippen LogP contribution in [0.5, 0.6) is 0 Å². The number of nitrogens with zero attached hydrogens (tertiary/aromatic N) is 5. The van der Waals surface area contributed by atoms with Crippen LogP contribution in [0.2, 0.25) is 0 Å². The van der Waals surface area contributed by atoms with Crippen molar-refractivity contribution >= 4 is 31.6 Å². The first-order valence-corrected chi connectivity index (χ1v) is 12.0. The number of aromatic nitrogens is 4. The van der Waals surface area contributed by atoms with Crippen LogP contribution in [-0.4, -0.2) is 62.6 Å². The van der Waals surface area contributed by atoms with Gasteiger partial charge < -0.3 is 23.4 Å². The first kappa shape index (κ1) is 26.6. The van der Waals surface area contributed by atoms with Gasteiger partial charge in [-0.2, -0.15) is 15.5 Å². The fourth-order valence-corrected chi connectivity index (χ4v) is 4.04. The van der Waals surface area contributed by atoms with Crippen molar-refractivity contribution in [3.8, 4) is 12.1 Å². The minimum absolute atomic E-state index is 0.0175. The number of carbonyl (C=O) groups is 1. The Kier molecular flexibility index (Phi) is 9.63. The zero-order chi connectivity index (χ0) is 25.4. The van der Waals surface area contributed by atoms with E-state index >= 15 is 0 Å². The quantitative estimate of drug-likeness (QED) is 0.278. The molecule has 3 N–H and O–H groups in total. The van der Waals surface area contributed by atoms with Crippen molar-refractivity contribution in [2.75, 3.05) is 25.1 Å². The number of carbonyl (C=O) groups excluding carboxylic acids is 1. The summed E-state index contributed by atoms with van der Waals surface area (Å²) in [6.07, 6.45) is -0.508. The van der Waals surface area contributed by atoms with Crippen LogP contribution >= 0.6 is 8.60 Å². The van der Waals surface area contributed by atoms with Crippen molar-refractivity contribution in [3.05, 3.63) is 16.7 Å². The van der Waals surface area contributed by atoms with E-state index in [2.05, 4.69) is 20.3 Å². The predicted molar refractivity (Wildman–Crippen MR) is 121 cm³/mol. The van der Waals surface area contributed by atoms with Crippen molar-refractivity contribution in [3.63, 3.8) is 0 Å². The highest BCUT2D eigenvalue weighted by molar-refractivity contribution is 7.41. The van der Waals surface area contributed by atoms with Crippen LogP contribution in [0.4, 0.5) is 5.95 Å². The molecule has 2 aromatic heterocycles. The van der Waals surface area contributed by atoms with E-state index in [1.807, 2.05) is 12.1 Å². The van der Waals surface area contributed by atoms with Gasteiger partial charge in [0.15, 0.2) is 11.2 Å². The van der Waals surface area contributed by atoms with Crippen LogP contribution < -0.4 is 10.9 Å². The Morgan fingerprint density at radius 3 is 2.66 bits per heavy atom. The molecule has 1 aliphatic heterocycles. The van der Waals surface area contributed by atoms with Gasteiger partial charge in [-0.25, -0.2) is 4.98 Å². The summed E-state index contributed by atoms with van der Waals surface area (Å²) in [7, 11) is -1.84. The summed E-state index contributed by atoms with van der Waals surface area (Å²) < 4.78 is 23.9. The number of hydrogen-bond donors (Lipinski definition) is 3. The minimum atomic E-state index is -1.84. The number of hydrogen-bond acceptors (Lipinski definition) is 11. The highest BCUT2D eigenvalue weighted by atomic mass is 31.2. The van der Waals surface area contributed by atoms with Crippen LogP contribution in [0.15, 0.2) is 11.1 Å². The monoisotopic (exact) mass is 507 g/mol. The molecule has 1 fully saturated rings. The number of rotatable bonds is 12. The Bertz CT molecular complexity index is 1140. The maximum atomic E-state index is 12.4. The summed E-state index contributed by atoms with van der Waals surface area (Å²) in [5.41, 5.74) is -0.278. The second-order valence-electron chi connectivity index (χ2n) is 7.82. The first-order valence-electron chi connectivity index (χ1n) is 10.9. The van der Waals surface area contributed by atoms with Gasteiger partial charge in [0.05, 0.1) is 57.2 Å². The third-order valence-electron chi connectivity index (χ3n) is 4.88. The van der Waals surface area contributed by atoms with Crippen LogP contribution in [0, 0.1) is 28.6 Å². The van der Waals surface area contributed by atoms with Gasteiger partial charge in [-0.05, 0) is 0 Å². The molecule has 0 aliphatic carbocycles. The lowest BCUT2D eigenvalue weighted by Gasteiger charge is -2.20. The Labute approximate surface area is 201 Å². The molecule has 1 aliphatic rings. The molecule has 3 heterocycles. The van der Waals surface area contributed by atoms with Gasteiger partial charge in [-0.15, -0.1) is 0 Å². The van der Waals surface area contributed by atoms with Crippen molar-refractivity contribution < 1.29 is 28.2 Å². The molecule has 15 heteroatoms. The molecule has 0 bridgehead atoms. The van der Waals surface area contributed by atoms with Crippen LogP contribution in [0.25, 0.3) is 11.2 Å². The third-order valence-corrected chi connectivity index (χ3v) is 6.02. The zero-order valence-electron chi connectivity index (χ0n) is 19.2. The van der Waals surface area contributed by atoms with Gasteiger partial charge >= 0.3 is 8.60 Å². The lowest BCUT2D eigenvalue weighted by Crippen LogP contribution is -2.26. The van der Waals surface area contributed by atoms with E-state index in [1.165, 1.54) is 10.9 Å². The molecule has 1 amide bonds. The molecule has 0 spiro atoms. The van der Waals surface area contributed by atoms with Gasteiger partial charge in [0, 0.05) is 12.3 Å². The van der Waals surface area contributed by atoms with E-state index in [4.69, 9.17) is 28.8 Å². The maximum absolute atomic E-state index is 12.4. The van der Waals surface area contributed by atoms with Crippen molar-refractivity contribution in [2.24, 2.45) is 5.92 Å². The fraction of sp³-hybridized carbons (Fsp3) is 0.600. The van der Waals surface area contributed by atoms with Gasteiger partial charge in [0.25, 0.3) is 5.56 Å². The SMILES string of the molecule is CC(C)C(=O)Nc1nc2c(ncn2[C@H]2C[C@H](O)[C@@H](COP(OCCC#N)OCCC#N)O2)c(=O)[nH]1. The van der Waals surface area contributed by atoms with E-state index in [1.54, 1.807) is 13.8 Å². The van der Waals surface area contributed by atoms with Crippen molar-refractivity contribution in [2.45, 2.75) is 51.5 Å².